The van der Waals surface area contributed by atoms with E-state index in [2.05, 4.69) is 5.32 Å². The number of rotatable bonds is 1. The smallest absolute Gasteiger partial charge is 0.375 e. The van der Waals surface area contributed by atoms with Crippen LogP contribution in [0.5, 0.6) is 0 Å². The standard InChI is InChI=1S/C9H16F3NO/c1-7(2)6-8(13-3,4-5-14-7)9(10,11)12/h13H,4-6H2,1-3H3. The van der Waals surface area contributed by atoms with E-state index in [-0.39, 0.29) is 19.4 Å². The molecule has 0 aromatic heterocycles. The Morgan fingerprint density at radius 2 is 1.86 bits per heavy atom. The van der Waals surface area contributed by atoms with Gasteiger partial charge in [-0.1, -0.05) is 0 Å². The molecule has 1 aliphatic heterocycles. The SMILES string of the molecule is CNC1(C(F)(F)F)CCOC(C)(C)C1. The summed E-state index contributed by atoms with van der Waals surface area (Å²) in [5.74, 6) is 0. The zero-order valence-corrected chi connectivity index (χ0v) is 8.66. The second-order valence-corrected chi connectivity index (χ2v) is 4.36. The molecule has 0 amide bonds. The highest BCUT2D eigenvalue weighted by Crippen LogP contribution is 2.42. The van der Waals surface area contributed by atoms with Gasteiger partial charge < -0.3 is 10.1 Å². The normalized spacial score (nSPS) is 33.0. The van der Waals surface area contributed by atoms with Crippen LogP contribution in [0, 0.1) is 0 Å². The van der Waals surface area contributed by atoms with E-state index in [1.54, 1.807) is 13.8 Å². The Morgan fingerprint density at radius 1 is 1.29 bits per heavy atom. The molecule has 0 bridgehead atoms. The van der Waals surface area contributed by atoms with Crippen molar-refractivity contribution in [1.82, 2.24) is 5.32 Å². The summed E-state index contributed by atoms with van der Waals surface area (Å²) in [7, 11) is 1.36. The molecule has 0 radical (unpaired) electrons. The van der Waals surface area contributed by atoms with E-state index in [0.29, 0.717) is 0 Å². The van der Waals surface area contributed by atoms with E-state index in [1.165, 1.54) is 7.05 Å². The molecular weight excluding hydrogens is 195 g/mol. The first kappa shape index (κ1) is 11.8. The zero-order chi connectivity index (χ0) is 11.0. The summed E-state index contributed by atoms with van der Waals surface area (Å²) in [6.07, 6.45) is -4.28. The maximum absolute atomic E-state index is 12.8. The van der Waals surface area contributed by atoms with Gasteiger partial charge in [-0.25, -0.2) is 0 Å². The third-order valence-electron chi connectivity index (χ3n) is 2.77. The van der Waals surface area contributed by atoms with Crippen LogP contribution in [0.1, 0.15) is 26.7 Å². The molecule has 1 unspecified atom stereocenters. The Morgan fingerprint density at radius 3 is 2.14 bits per heavy atom. The van der Waals surface area contributed by atoms with Gasteiger partial charge in [-0.15, -0.1) is 0 Å². The van der Waals surface area contributed by atoms with Crippen molar-refractivity contribution in [3.63, 3.8) is 0 Å². The van der Waals surface area contributed by atoms with Crippen LogP contribution in [0.3, 0.4) is 0 Å². The molecule has 1 saturated heterocycles. The fourth-order valence-electron chi connectivity index (χ4n) is 1.96. The number of hydrogen-bond donors (Lipinski definition) is 1. The molecule has 14 heavy (non-hydrogen) atoms. The van der Waals surface area contributed by atoms with Gasteiger partial charge in [0.15, 0.2) is 0 Å². The van der Waals surface area contributed by atoms with E-state index < -0.39 is 17.3 Å². The quantitative estimate of drug-likeness (QED) is 0.717. The van der Waals surface area contributed by atoms with Gasteiger partial charge in [0.2, 0.25) is 0 Å². The van der Waals surface area contributed by atoms with Crippen LogP contribution >= 0.6 is 0 Å². The number of nitrogens with one attached hydrogen (secondary N) is 1. The molecule has 1 aliphatic rings. The maximum Gasteiger partial charge on any atom is 0.406 e. The van der Waals surface area contributed by atoms with Crippen molar-refractivity contribution >= 4 is 0 Å². The molecule has 5 heteroatoms. The van der Waals surface area contributed by atoms with Gasteiger partial charge in [-0.2, -0.15) is 13.2 Å². The van der Waals surface area contributed by atoms with Crippen LogP contribution in [0.4, 0.5) is 13.2 Å². The first-order valence-electron chi connectivity index (χ1n) is 4.62. The van der Waals surface area contributed by atoms with Crippen molar-refractivity contribution in [1.29, 1.82) is 0 Å². The van der Waals surface area contributed by atoms with Gasteiger partial charge in [0, 0.05) is 13.0 Å². The predicted molar refractivity (Wildman–Crippen MR) is 47.1 cm³/mol. The Hall–Kier alpha value is -0.290. The summed E-state index contributed by atoms with van der Waals surface area (Å²) >= 11 is 0. The Balaban J connectivity index is 2.90. The molecule has 2 nitrogen and oxygen atoms in total. The lowest BCUT2D eigenvalue weighted by Crippen LogP contribution is -2.62. The minimum Gasteiger partial charge on any atom is -0.375 e. The summed E-state index contributed by atoms with van der Waals surface area (Å²) in [4.78, 5) is 0. The molecule has 1 rings (SSSR count). The topological polar surface area (TPSA) is 21.3 Å². The number of halogens is 3. The second kappa shape index (κ2) is 3.38. The van der Waals surface area contributed by atoms with Crippen LogP contribution in [0.25, 0.3) is 0 Å². The molecule has 0 aromatic rings. The minimum absolute atomic E-state index is 0.0174. The van der Waals surface area contributed by atoms with E-state index in [1.807, 2.05) is 0 Å². The lowest BCUT2D eigenvalue weighted by molar-refractivity contribution is -0.235. The molecule has 84 valence electrons. The average molecular weight is 211 g/mol. The van der Waals surface area contributed by atoms with E-state index in [9.17, 15) is 13.2 Å². The van der Waals surface area contributed by atoms with E-state index in [4.69, 9.17) is 4.74 Å². The summed E-state index contributed by atoms with van der Waals surface area (Å²) in [6, 6.07) is 0. The van der Waals surface area contributed by atoms with Crippen LogP contribution in [0.2, 0.25) is 0 Å². The average Bonchev–Trinajstić information content (AvgIpc) is 2.00. The van der Waals surface area contributed by atoms with Gasteiger partial charge >= 0.3 is 6.18 Å². The lowest BCUT2D eigenvalue weighted by Gasteiger charge is -2.45. The van der Waals surface area contributed by atoms with Crippen molar-refractivity contribution in [2.75, 3.05) is 13.7 Å². The minimum atomic E-state index is -4.22. The van der Waals surface area contributed by atoms with Crippen molar-refractivity contribution in [2.24, 2.45) is 0 Å². The first-order chi connectivity index (χ1) is 6.22. The molecule has 1 heterocycles. The monoisotopic (exact) mass is 211 g/mol. The fourth-order valence-corrected chi connectivity index (χ4v) is 1.96. The molecule has 1 atom stereocenters. The number of alkyl halides is 3. The number of ether oxygens (including phenoxy) is 1. The van der Waals surface area contributed by atoms with Crippen LogP contribution < -0.4 is 5.32 Å². The summed E-state index contributed by atoms with van der Waals surface area (Å²) in [5.41, 5.74) is -2.49. The van der Waals surface area contributed by atoms with Crippen LogP contribution in [-0.2, 0) is 4.74 Å². The largest absolute Gasteiger partial charge is 0.406 e. The van der Waals surface area contributed by atoms with E-state index >= 15 is 0 Å². The molecule has 0 spiro atoms. The first-order valence-corrected chi connectivity index (χ1v) is 4.62. The van der Waals surface area contributed by atoms with Crippen LogP contribution in [-0.4, -0.2) is 31.0 Å². The van der Waals surface area contributed by atoms with Gasteiger partial charge in [-0.3, -0.25) is 0 Å². The fraction of sp³-hybridized carbons (Fsp3) is 1.00. The number of hydrogen-bond acceptors (Lipinski definition) is 2. The third kappa shape index (κ3) is 2.03. The maximum atomic E-state index is 12.8. The molecule has 0 aliphatic carbocycles. The van der Waals surface area contributed by atoms with Crippen LogP contribution in [0.15, 0.2) is 0 Å². The van der Waals surface area contributed by atoms with Crippen molar-refractivity contribution in [2.45, 2.75) is 44.0 Å². The Bertz CT molecular complexity index is 215. The zero-order valence-electron chi connectivity index (χ0n) is 8.66. The van der Waals surface area contributed by atoms with Gasteiger partial charge in [0.25, 0.3) is 0 Å². The predicted octanol–water partition coefficient (Wildman–Crippen LogP) is 2.10. The highest BCUT2D eigenvalue weighted by atomic mass is 19.4. The third-order valence-corrected chi connectivity index (χ3v) is 2.77. The second-order valence-electron chi connectivity index (χ2n) is 4.36. The summed E-state index contributed by atoms with van der Waals surface area (Å²) in [6.45, 7) is 3.52. The van der Waals surface area contributed by atoms with Crippen molar-refractivity contribution in [3.8, 4) is 0 Å². The lowest BCUT2D eigenvalue weighted by atomic mass is 9.81. The van der Waals surface area contributed by atoms with Gasteiger partial charge in [0.05, 0.1) is 5.60 Å². The molecule has 0 aromatic carbocycles. The molecular formula is C9H16F3NO. The summed E-state index contributed by atoms with van der Waals surface area (Å²) < 4.78 is 43.7. The van der Waals surface area contributed by atoms with Crippen molar-refractivity contribution in [3.05, 3.63) is 0 Å². The molecule has 1 N–H and O–H groups in total. The van der Waals surface area contributed by atoms with Gasteiger partial charge in [0.1, 0.15) is 5.54 Å². The Kier molecular flexibility index (Phi) is 2.84. The molecule has 0 saturated carbocycles. The van der Waals surface area contributed by atoms with E-state index in [0.717, 1.165) is 0 Å². The Labute approximate surface area is 81.8 Å². The summed E-state index contributed by atoms with van der Waals surface area (Å²) in [5, 5.41) is 2.41. The van der Waals surface area contributed by atoms with Crippen molar-refractivity contribution < 1.29 is 17.9 Å². The van der Waals surface area contributed by atoms with Gasteiger partial charge in [-0.05, 0) is 27.3 Å². The highest BCUT2D eigenvalue weighted by Gasteiger charge is 2.57. The highest BCUT2D eigenvalue weighted by molar-refractivity contribution is 5.01. The molecule has 1 fully saturated rings.